The number of nitrogens with zero attached hydrogens (tertiary/aromatic N) is 3. The minimum Gasteiger partial charge on any atom is -0.493 e. The zero-order chi connectivity index (χ0) is 19.0. The summed E-state index contributed by atoms with van der Waals surface area (Å²) in [5, 5.41) is 7.67. The van der Waals surface area contributed by atoms with E-state index in [1.165, 1.54) is 12.1 Å². The molecule has 8 heteroatoms. The van der Waals surface area contributed by atoms with Gasteiger partial charge in [0.1, 0.15) is 5.82 Å². The molecule has 7 nitrogen and oxygen atoms in total. The highest BCUT2D eigenvalue weighted by Gasteiger charge is 2.31. The van der Waals surface area contributed by atoms with E-state index < -0.39 is 0 Å². The van der Waals surface area contributed by atoms with E-state index in [0.29, 0.717) is 23.9 Å². The smallest absolute Gasteiger partial charge is 0.241 e. The average Bonchev–Trinajstić information content (AvgIpc) is 3.07. The topological polar surface area (TPSA) is 87.2 Å². The molecule has 0 spiro atoms. The number of hydrogen-bond donors (Lipinski definition) is 2. The highest BCUT2D eigenvalue weighted by molar-refractivity contribution is 5.47. The lowest BCUT2D eigenvalue weighted by molar-refractivity contribution is 0.352. The van der Waals surface area contributed by atoms with Crippen LogP contribution in [0.25, 0.3) is 0 Å². The van der Waals surface area contributed by atoms with E-state index in [1.54, 1.807) is 31.0 Å². The molecule has 0 bridgehead atoms. The third-order valence-electron chi connectivity index (χ3n) is 4.77. The Bertz CT molecular complexity index is 957. The van der Waals surface area contributed by atoms with E-state index in [4.69, 9.17) is 15.2 Å². The molecule has 0 amide bonds. The van der Waals surface area contributed by atoms with Crippen LogP contribution in [0.15, 0.2) is 42.5 Å². The van der Waals surface area contributed by atoms with Crippen molar-refractivity contribution in [3.63, 3.8) is 0 Å². The third kappa shape index (κ3) is 3.14. The summed E-state index contributed by atoms with van der Waals surface area (Å²) >= 11 is 0. The number of benzene rings is 2. The van der Waals surface area contributed by atoms with Crippen molar-refractivity contribution < 1.29 is 13.9 Å². The van der Waals surface area contributed by atoms with Gasteiger partial charge in [0.05, 0.1) is 26.3 Å². The van der Waals surface area contributed by atoms with Gasteiger partial charge in [-0.25, -0.2) is 9.07 Å². The molecule has 0 saturated carbocycles. The standard InChI is InChI=1S/C19H20FN5O2/c1-26-16-8-5-12(9-17(16)27-2)15-10-14(11-3-6-13(20)7-4-11)22-19-23-18(21)24-25(15)19/h3-9,14-15H,10H2,1-2H3,(H3,21,22,23,24)/t14-,15-/m1/s1. The Morgan fingerprint density at radius 3 is 2.48 bits per heavy atom. The van der Waals surface area contributed by atoms with Gasteiger partial charge in [-0.05, 0) is 41.8 Å². The molecule has 0 aliphatic carbocycles. The van der Waals surface area contributed by atoms with E-state index in [0.717, 1.165) is 11.1 Å². The Kier molecular flexibility index (Phi) is 4.31. The molecular formula is C19H20FN5O2. The lowest BCUT2D eigenvalue weighted by atomic mass is 9.93. The van der Waals surface area contributed by atoms with Crippen LogP contribution in [-0.4, -0.2) is 29.0 Å². The van der Waals surface area contributed by atoms with Crippen LogP contribution in [0.5, 0.6) is 11.5 Å². The first kappa shape index (κ1) is 17.1. The minimum absolute atomic E-state index is 0.0557. The number of rotatable bonds is 4. The fourth-order valence-corrected chi connectivity index (χ4v) is 3.45. The quantitative estimate of drug-likeness (QED) is 0.735. The largest absolute Gasteiger partial charge is 0.493 e. The first-order chi connectivity index (χ1) is 13.1. The van der Waals surface area contributed by atoms with E-state index in [9.17, 15) is 4.39 Å². The summed E-state index contributed by atoms with van der Waals surface area (Å²) in [6, 6.07) is 12.1. The van der Waals surface area contributed by atoms with Gasteiger partial charge < -0.3 is 20.5 Å². The summed E-state index contributed by atoms with van der Waals surface area (Å²) in [5.74, 6) is 1.80. The normalized spacial score (nSPS) is 18.5. The first-order valence-electron chi connectivity index (χ1n) is 8.55. The van der Waals surface area contributed by atoms with Crippen molar-refractivity contribution in [2.45, 2.75) is 18.5 Å². The molecule has 0 fully saturated rings. The summed E-state index contributed by atoms with van der Waals surface area (Å²) in [7, 11) is 3.20. The third-order valence-corrected chi connectivity index (χ3v) is 4.77. The van der Waals surface area contributed by atoms with E-state index >= 15 is 0 Å². The van der Waals surface area contributed by atoms with Gasteiger partial charge in [-0.1, -0.05) is 18.2 Å². The molecule has 2 atom stereocenters. The maximum atomic E-state index is 13.3. The van der Waals surface area contributed by atoms with Crippen molar-refractivity contribution in [2.75, 3.05) is 25.3 Å². The van der Waals surface area contributed by atoms with Gasteiger partial charge in [0.25, 0.3) is 0 Å². The molecule has 2 aromatic carbocycles. The number of nitrogen functional groups attached to an aromatic ring is 1. The number of hydrogen-bond acceptors (Lipinski definition) is 6. The molecule has 3 aromatic rings. The molecule has 1 aliphatic rings. The summed E-state index contributed by atoms with van der Waals surface area (Å²) in [5.41, 5.74) is 7.79. The molecule has 0 saturated heterocycles. The number of fused-ring (bicyclic) bond motifs is 1. The molecular weight excluding hydrogens is 349 g/mol. The summed E-state index contributed by atoms with van der Waals surface area (Å²) < 4.78 is 25.8. The summed E-state index contributed by atoms with van der Waals surface area (Å²) in [4.78, 5) is 4.29. The van der Waals surface area contributed by atoms with Crippen LogP contribution in [0.1, 0.15) is 29.6 Å². The van der Waals surface area contributed by atoms with Crippen molar-refractivity contribution in [3.05, 3.63) is 59.4 Å². The van der Waals surface area contributed by atoms with Crippen LogP contribution < -0.4 is 20.5 Å². The Balaban J connectivity index is 1.75. The van der Waals surface area contributed by atoms with Crippen LogP contribution in [0.4, 0.5) is 16.3 Å². The van der Waals surface area contributed by atoms with Gasteiger partial charge in [0.2, 0.25) is 11.9 Å². The second kappa shape index (κ2) is 6.79. The molecule has 4 rings (SSSR count). The maximum Gasteiger partial charge on any atom is 0.241 e. The molecule has 0 unspecified atom stereocenters. The van der Waals surface area contributed by atoms with Crippen molar-refractivity contribution in [3.8, 4) is 11.5 Å². The molecule has 1 aliphatic heterocycles. The highest BCUT2D eigenvalue weighted by Crippen LogP contribution is 2.40. The molecule has 1 aromatic heterocycles. The molecule has 27 heavy (non-hydrogen) atoms. The SMILES string of the molecule is COc1ccc([C@H]2C[C@H](c3ccc(F)cc3)Nc3nc(N)nn32)cc1OC. The minimum atomic E-state index is -0.265. The van der Waals surface area contributed by atoms with Gasteiger partial charge in [-0.3, -0.25) is 0 Å². The van der Waals surface area contributed by atoms with Gasteiger partial charge in [0.15, 0.2) is 11.5 Å². The van der Waals surface area contributed by atoms with E-state index in [1.807, 2.05) is 18.2 Å². The number of halogens is 1. The van der Waals surface area contributed by atoms with Gasteiger partial charge in [0, 0.05) is 0 Å². The zero-order valence-electron chi connectivity index (χ0n) is 15.0. The predicted octanol–water partition coefficient (Wildman–Crippen LogP) is 3.16. The van der Waals surface area contributed by atoms with Gasteiger partial charge >= 0.3 is 0 Å². The van der Waals surface area contributed by atoms with Crippen molar-refractivity contribution in [1.82, 2.24) is 14.8 Å². The van der Waals surface area contributed by atoms with Crippen molar-refractivity contribution in [1.29, 1.82) is 0 Å². The van der Waals surface area contributed by atoms with Crippen LogP contribution in [0, 0.1) is 5.82 Å². The van der Waals surface area contributed by atoms with Crippen LogP contribution >= 0.6 is 0 Å². The fourth-order valence-electron chi connectivity index (χ4n) is 3.45. The average molecular weight is 369 g/mol. The Morgan fingerprint density at radius 1 is 1.07 bits per heavy atom. The number of nitrogens with two attached hydrogens (primary N) is 1. The lowest BCUT2D eigenvalue weighted by Crippen LogP contribution is -2.28. The number of methoxy groups -OCH3 is 2. The lowest BCUT2D eigenvalue weighted by Gasteiger charge is -2.32. The zero-order valence-corrected chi connectivity index (χ0v) is 15.0. The van der Waals surface area contributed by atoms with Crippen LogP contribution in [-0.2, 0) is 0 Å². The molecule has 3 N–H and O–H groups in total. The monoisotopic (exact) mass is 369 g/mol. The second-order valence-electron chi connectivity index (χ2n) is 6.35. The Labute approximate surface area is 155 Å². The van der Waals surface area contributed by atoms with Crippen molar-refractivity contribution >= 4 is 11.9 Å². The molecule has 0 radical (unpaired) electrons. The number of ether oxygens (including phenoxy) is 2. The first-order valence-corrected chi connectivity index (χ1v) is 8.55. The molecule has 140 valence electrons. The fraction of sp³-hybridized carbons (Fsp3) is 0.263. The second-order valence-corrected chi connectivity index (χ2v) is 6.35. The van der Waals surface area contributed by atoms with Gasteiger partial charge in [-0.2, -0.15) is 4.98 Å². The summed E-state index contributed by atoms with van der Waals surface area (Å²) in [6.45, 7) is 0. The number of aromatic nitrogens is 3. The number of nitrogens with one attached hydrogen (secondary N) is 1. The van der Waals surface area contributed by atoms with E-state index in [-0.39, 0.29) is 23.8 Å². The summed E-state index contributed by atoms with van der Waals surface area (Å²) in [6.07, 6.45) is 0.691. The number of anilines is 2. The highest BCUT2D eigenvalue weighted by atomic mass is 19.1. The maximum absolute atomic E-state index is 13.3. The van der Waals surface area contributed by atoms with Crippen LogP contribution in [0.2, 0.25) is 0 Å². The van der Waals surface area contributed by atoms with Crippen molar-refractivity contribution in [2.24, 2.45) is 0 Å². The Morgan fingerprint density at radius 2 is 1.78 bits per heavy atom. The predicted molar refractivity (Wildman–Crippen MR) is 99.5 cm³/mol. The van der Waals surface area contributed by atoms with Crippen LogP contribution in [0.3, 0.4) is 0 Å². The van der Waals surface area contributed by atoms with Gasteiger partial charge in [-0.15, -0.1) is 5.10 Å². The van der Waals surface area contributed by atoms with E-state index in [2.05, 4.69) is 15.4 Å². The Hall–Kier alpha value is -3.29. The molecule has 2 heterocycles.